The lowest BCUT2D eigenvalue weighted by Crippen LogP contribution is -2.31. The summed E-state index contributed by atoms with van der Waals surface area (Å²) in [6.07, 6.45) is 2.41. The van der Waals surface area contributed by atoms with Gasteiger partial charge < -0.3 is 9.80 Å². The van der Waals surface area contributed by atoms with Crippen LogP contribution in [0.1, 0.15) is 12.1 Å². The first kappa shape index (κ1) is 15.7. The molecule has 0 bridgehead atoms. The molecule has 1 saturated heterocycles. The zero-order valence-corrected chi connectivity index (χ0v) is 14.1. The second-order valence-electron chi connectivity index (χ2n) is 6.19. The molecular weight excluding hydrogens is 319 g/mol. The molecule has 6 nitrogen and oxygen atoms in total. The first-order valence-electron chi connectivity index (χ1n) is 8.42. The maximum Gasteiger partial charge on any atom is 0.151 e. The minimum absolute atomic E-state index is 0.312. The van der Waals surface area contributed by atoms with Crippen LogP contribution in [0.5, 0.6) is 0 Å². The Morgan fingerprint density at radius 1 is 0.920 bits per heavy atom. The molecule has 7 heteroatoms. The van der Waals surface area contributed by atoms with E-state index in [9.17, 15) is 4.39 Å². The van der Waals surface area contributed by atoms with Crippen LogP contribution in [0.3, 0.4) is 0 Å². The number of aryl methyl sites for hydroxylation is 1. The van der Waals surface area contributed by atoms with E-state index < -0.39 is 0 Å². The Hall–Kier alpha value is -2.83. The fourth-order valence-corrected chi connectivity index (χ4v) is 3.21. The van der Waals surface area contributed by atoms with Crippen molar-refractivity contribution in [3.63, 3.8) is 0 Å². The Morgan fingerprint density at radius 3 is 2.60 bits per heavy atom. The summed E-state index contributed by atoms with van der Waals surface area (Å²) >= 11 is 0. The molecule has 0 saturated carbocycles. The third-order valence-electron chi connectivity index (χ3n) is 4.50. The molecule has 0 atom stereocenters. The van der Waals surface area contributed by atoms with Crippen molar-refractivity contribution in [1.29, 1.82) is 0 Å². The van der Waals surface area contributed by atoms with E-state index in [0.717, 1.165) is 55.3 Å². The van der Waals surface area contributed by atoms with Crippen LogP contribution in [-0.4, -0.2) is 46.3 Å². The van der Waals surface area contributed by atoms with Crippen molar-refractivity contribution in [1.82, 2.24) is 20.2 Å². The van der Waals surface area contributed by atoms with E-state index in [2.05, 4.69) is 30.0 Å². The highest BCUT2D eigenvalue weighted by Crippen LogP contribution is 2.26. The van der Waals surface area contributed by atoms with E-state index >= 15 is 0 Å². The first-order chi connectivity index (χ1) is 12.2. The summed E-state index contributed by atoms with van der Waals surface area (Å²) in [4.78, 5) is 12.9. The van der Waals surface area contributed by atoms with Gasteiger partial charge in [-0.2, -0.15) is 5.10 Å². The minimum Gasteiger partial charge on any atom is -0.354 e. The Kier molecular flexibility index (Phi) is 4.13. The highest BCUT2D eigenvalue weighted by atomic mass is 19.1. The number of hydrogen-bond acceptors (Lipinski definition) is 6. The molecule has 3 heterocycles. The Labute approximate surface area is 145 Å². The second kappa shape index (κ2) is 6.58. The maximum atomic E-state index is 14.0. The van der Waals surface area contributed by atoms with E-state index in [4.69, 9.17) is 0 Å². The van der Waals surface area contributed by atoms with E-state index in [1.54, 1.807) is 6.07 Å². The van der Waals surface area contributed by atoms with Crippen molar-refractivity contribution in [2.75, 3.05) is 36.0 Å². The number of fused-ring (bicyclic) bond motifs is 1. The number of anilines is 2. The molecule has 1 fully saturated rings. The van der Waals surface area contributed by atoms with Crippen molar-refractivity contribution in [2.45, 2.75) is 13.3 Å². The molecule has 0 unspecified atom stereocenters. The van der Waals surface area contributed by atoms with Crippen LogP contribution >= 0.6 is 0 Å². The zero-order valence-electron chi connectivity index (χ0n) is 14.1. The number of para-hydroxylation sites is 1. The third kappa shape index (κ3) is 3.09. The molecule has 3 aromatic rings. The van der Waals surface area contributed by atoms with Gasteiger partial charge in [0.2, 0.25) is 0 Å². The van der Waals surface area contributed by atoms with E-state index in [-0.39, 0.29) is 5.82 Å². The lowest BCUT2D eigenvalue weighted by Gasteiger charge is -2.24. The molecule has 1 aromatic carbocycles. The molecule has 0 radical (unpaired) electrons. The summed E-state index contributed by atoms with van der Waals surface area (Å²) in [6, 6.07) is 9.00. The van der Waals surface area contributed by atoms with Gasteiger partial charge in [-0.05, 0) is 37.6 Å². The van der Waals surface area contributed by atoms with Crippen LogP contribution in [0.15, 0.2) is 36.7 Å². The van der Waals surface area contributed by atoms with E-state index in [1.807, 2.05) is 25.1 Å². The van der Waals surface area contributed by atoms with E-state index in [1.165, 1.54) is 12.4 Å². The summed E-state index contributed by atoms with van der Waals surface area (Å²) in [7, 11) is 0. The van der Waals surface area contributed by atoms with Gasteiger partial charge in [-0.1, -0.05) is 6.07 Å². The fraction of sp³-hybridized carbons (Fsp3) is 0.333. The number of hydrogen-bond donors (Lipinski definition) is 0. The largest absolute Gasteiger partial charge is 0.354 e. The van der Waals surface area contributed by atoms with Gasteiger partial charge in [0.1, 0.15) is 23.5 Å². The highest BCUT2D eigenvalue weighted by molar-refractivity contribution is 5.89. The fourth-order valence-electron chi connectivity index (χ4n) is 3.21. The predicted molar refractivity (Wildman–Crippen MR) is 95.3 cm³/mol. The highest BCUT2D eigenvalue weighted by Gasteiger charge is 2.19. The molecule has 1 aliphatic rings. The molecule has 2 aromatic heterocycles. The first-order valence-corrected chi connectivity index (χ1v) is 8.42. The topological polar surface area (TPSA) is 58.0 Å². The standard InChI is InChI=1S/C18H19FN6/c1-13-6-7-16(23-22-13)24-8-3-9-25(11-10-24)18-14-4-2-5-15(19)17(14)20-12-21-18/h2,4-7,12H,3,8-11H2,1H3. The van der Waals surface area contributed by atoms with Crippen molar-refractivity contribution >= 4 is 22.5 Å². The zero-order chi connectivity index (χ0) is 17.2. The van der Waals surface area contributed by atoms with Gasteiger partial charge in [0.05, 0.1) is 5.69 Å². The van der Waals surface area contributed by atoms with E-state index in [0.29, 0.717) is 5.52 Å². The molecule has 0 aliphatic carbocycles. The predicted octanol–water partition coefficient (Wildman–Crippen LogP) is 2.58. The lowest BCUT2D eigenvalue weighted by atomic mass is 10.2. The Balaban J connectivity index is 1.59. The van der Waals surface area contributed by atoms with Crippen LogP contribution in [0.4, 0.5) is 16.0 Å². The number of halogens is 1. The molecular formula is C18H19FN6. The van der Waals surface area contributed by atoms with Gasteiger partial charge in [-0.3, -0.25) is 0 Å². The van der Waals surface area contributed by atoms with Crippen LogP contribution in [0.25, 0.3) is 10.9 Å². The third-order valence-corrected chi connectivity index (χ3v) is 4.50. The van der Waals surface area contributed by atoms with Crippen LogP contribution in [0, 0.1) is 12.7 Å². The summed E-state index contributed by atoms with van der Waals surface area (Å²) in [5, 5.41) is 9.19. The Morgan fingerprint density at radius 2 is 1.76 bits per heavy atom. The quantitative estimate of drug-likeness (QED) is 0.716. The van der Waals surface area contributed by atoms with Gasteiger partial charge in [0, 0.05) is 31.6 Å². The van der Waals surface area contributed by atoms with Gasteiger partial charge in [-0.15, -0.1) is 5.10 Å². The average molecular weight is 338 g/mol. The SMILES string of the molecule is Cc1ccc(N2CCCN(c3ncnc4c(F)cccc34)CC2)nn1. The minimum atomic E-state index is -0.312. The summed E-state index contributed by atoms with van der Waals surface area (Å²) < 4.78 is 14.0. The molecule has 0 spiro atoms. The normalized spacial score (nSPS) is 15.4. The van der Waals surface area contributed by atoms with Crippen LogP contribution in [0.2, 0.25) is 0 Å². The summed E-state index contributed by atoms with van der Waals surface area (Å²) in [5.41, 5.74) is 1.28. The number of nitrogens with zero attached hydrogens (tertiary/aromatic N) is 6. The van der Waals surface area contributed by atoms with Gasteiger partial charge in [0.25, 0.3) is 0 Å². The lowest BCUT2D eigenvalue weighted by molar-refractivity contribution is 0.636. The summed E-state index contributed by atoms with van der Waals surface area (Å²) in [6.45, 7) is 5.31. The maximum absolute atomic E-state index is 14.0. The number of rotatable bonds is 2. The molecule has 4 rings (SSSR count). The van der Waals surface area contributed by atoms with Crippen LogP contribution < -0.4 is 9.80 Å². The smallest absolute Gasteiger partial charge is 0.151 e. The van der Waals surface area contributed by atoms with Gasteiger partial charge >= 0.3 is 0 Å². The Bertz CT molecular complexity index is 882. The van der Waals surface area contributed by atoms with Crippen molar-refractivity contribution in [2.24, 2.45) is 0 Å². The molecule has 0 N–H and O–H groups in total. The second-order valence-corrected chi connectivity index (χ2v) is 6.19. The number of benzene rings is 1. The molecule has 1 aliphatic heterocycles. The average Bonchev–Trinajstić information content (AvgIpc) is 2.88. The monoisotopic (exact) mass is 338 g/mol. The number of aromatic nitrogens is 4. The van der Waals surface area contributed by atoms with Crippen LogP contribution in [-0.2, 0) is 0 Å². The molecule has 128 valence electrons. The van der Waals surface area contributed by atoms with Gasteiger partial charge in [0.15, 0.2) is 5.82 Å². The summed E-state index contributed by atoms with van der Waals surface area (Å²) in [5.74, 6) is 1.37. The van der Waals surface area contributed by atoms with Crippen molar-refractivity contribution < 1.29 is 4.39 Å². The van der Waals surface area contributed by atoms with Crippen molar-refractivity contribution in [3.8, 4) is 0 Å². The molecule has 0 amide bonds. The van der Waals surface area contributed by atoms with Crippen molar-refractivity contribution in [3.05, 3.63) is 48.2 Å². The van der Waals surface area contributed by atoms with Gasteiger partial charge in [-0.25, -0.2) is 14.4 Å². The molecule has 25 heavy (non-hydrogen) atoms.